The zero-order chi connectivity index (χ0) is 17.4. The largest absolute Gasteiger partial charge is 0.465 e. The average molecular weight is 334 g/mol. The van der Waals surface area contributed by atoms with Gasteiger partial charge in [-0.3, -0.25) is 10.1 Å². The van der Waals surface area contributed by atoms with Crippen molar-refractivity contribution in [2.45, 2.75) is 6.04 Å². The summed E-state index contributed by atoms with van der Waals surface area (Å²) < 4.78 is 0. The number of aromatic nitrogens is 3. The van der Waals surface area contributed by atoms with E-state index in [1.54, 1.807) is 4.90 Å². The number of hydrogen-bond donors (Lipinski definition) is 3. The molecule has 3 heterocycles. The van der Waals surface area contributed by atoms with Gasteiger partial charge >= 0.3 is 6.09 Å². The third-order valence-corrected chi connectivity index (χ3v) is 3.85. The fourth-order valence-electron chi connectivity index (χ4n) is 2.37. The molecule has 4 N–H and O–H groups in total. The molecule has 0 aliphatic carbocycles. The van der Waals surface area contributed by atoms with Gasteiger partial charge in [-0.05, 0) is 0 Å². The van der Waals surface area contributed by atoms with E-state index in [9.17, 15) is 14.9 Å². The number of likely N-dealkylation sites (N-methyl/N-ethyl adjacent to an activating group) is 1. The second-order valence-corrected chi connectivity index (χ2v) is 5.29. The van der Waals surface area contributed by atoms with Crippen LogP contribution in [-0.4, -0.2) is 62.2 Å². The second-order valence-electron chi connectivity index (χ2n) is 5.29. The number of hydrazine groups is 1. The highest BCUT2D eigenvalue weighted by atomic mass is 16.6. The van der Waals surface area contributed by atoms with Crippen LogP contribution in [0.1, 0.15) is 0 Å². The number of pyridine rings is 1. The fraction of sp³-hybridized carbons (Fsp3) is 0.333. The Morgan fingerprint density at radius 2 is 2.25 bits per heavy atom. The first-order valence-corrected chi connectivity index (χ1v) is 6.90. The molecule has 1 aliphatic heterocycles. The van der Waals surface area contributed by atoms with Crippen molar-refractivity contribution in [3.8, 4) is 0 Å². The third kappa shape index (κ3) is 2.58. The summed E-state index contributed by atoms with van der Waals surface area (Å²) in [4.78, 5) is 36.7. The Bertz CT molecular complexity index is 822. The molecule has 1 saturated heterocycles. The number of nitrogens with zero attached hydrogens (tertiary/aromatic N) is 6. The highest BCUT2D eigenvalue weighted by Crippen LogP contribution is 2.29. The standard InChI is InChI=1S/C12H14N8O4/c1-18(12(21)22)7-4-19(5-7)11-10(17-13)15-8-2-6(20(23)24)3-14-9(8)16-11/h2-3,7H,4-5,13H2,1H3,(H,15,17)(H,21,22). The van der Waals surface area contributed by atoms with Crippen LogP contribution in [0.25, 0.3) is 11.2 Å². The molecule has 24 heavy (non-hydrogen) atoms. The molecule has 1 aliphatic rings. The Hall–Kier alpha value is -3.28. The first kappa shape index (κ1) is 15.6. The maximum atomic E-state index is 10.9. The van der Waals surface area contributed by atoms with Crippen molar-refractivity contribution in [3.63, 3.8) is 0 Å². The van der Waals surface area contributed by atoms with Crippen LogP contribution >= 0.6 is 0 Å². The molecule has 0 atom stereocenters. The number of nitro groups is 1. The van der Waals surface area contributed by atoms with Crippen LogP contribution in [0, 0.1) is 10.1 Å². The van der Waals surface area contributed by atoms with Gasteiger partial charge < -0.3 is 20.3 Å². The van der Waals surface area contributed by atoms with Gasteiger partial charge in [0.05, 0.1) is 11.0 Å². The molecule has 2 aromatic heterocycles. The van der Waals surface area contributed by atoms with Crippen LogP contribution in [-0.2, 0) is 0 Å². The Morgan fingerprint density at radius 3 is 2.83 bits per heavy atom. The van der Waals surface area contributed by atoms with E-state index in [4.69, 9.17) is 10.9 Å². The van der Waals surface area contributed by atoms with E-state index in [1.807, 2.05) is 0 Å². The lowest BCUT2D eigenvalue weighted by molar-refractivity contribution is -0.385. The van der Waals surface area contributed by atoms with E-state index in [2.05, 4.69) is 20.4 Å². The monoisotopic (exact) mass is 334 g/mol. The summed E-state index contributed by atoms with van der Waals surface area (Å²) in [6, 6.07) is 1.10. The topological polar surface area (TPSA) is 164 Å². The summed E-state index contributed by atoms with van der Waals surface area (Å²) in [7, 11) is 1.50. The Balaban J connectivity index is 1.90. The number of nitrogen functional groups attached to an aromatic ring is 1. The van der Waals surface area contributed by atoms with Gasteiger partial charge in [-0.1, -0.05) is 0 Å². The lowest BCUT2D eigenvalue weighted by Gasteiger charge is -2.43. The Labute approximate surface area is 135 Å². The second kappa shape index (κ2) is 5.73. The number of hydrogen-bond acceptors (Lipinski definition) is 9. The van der Waals surface area contributed by atoms with Crippen molar-refractivity contribution in [1.82, 2.24) is 19.9 Å². The van der Waals surface area contributed by atoms with E-state index in [1.165, 1.54) is 18.0 Å². The number of fused-ring (bicyclic) bond motifs is 1. The average Bonchev–Trinajstić information content (AvgIpc) is 2.51. The number of carboxylic acid groups (broad SMARTS) is 1. The Kier molecular flexibility index (Phi) is 3.73. The van der Waals surface area contributed by atoms with Gasteiger partial charge in [-0.2, -0.15) is 0 Å². The maximum Gasteiger partial charge on any atom is 0.407 e. The number of nitrogens with one attached hydrogen (secondary N) is 1. The van der Waals surface area contributed by atoms with Gasteiger partial charge in [-0.15, -0.1) is 0 Å². The molecule has 1 fully saturated rings. The van der Waals surface area contributed by atoms with Crippen LogP contribution in [0.15, 0.2) is 12.3 Å². The maximum absolute atomic E-state index is 10.9. The van der Waals surface area contributed by atoms with Gasteiger partial charge in [0, 0.05) is 26.2 Å². The van der Waals surface area contributed by atoms with Crippen LogP contribution in [0.2, 0.25) is 0 Å². The van der Waals surface area contributed by atoms with Crippen LogP contribution < -0.4 is 16.2 Å². The van der Waals surface area contributed by atoms with Gasteiger partial charge in [0.15, 0.2) is 17.3 Å². The summed E-state index contributed by atoms with van der Waals surface area (Å²) in [5.74, 6) is 6.12. The highest BCUT2D eigenvalue weighted by Gasteiger charge is 2.35. The van der Waals surface area contributed by atoms with Gasteiger partial charge in [0.2, 0.25) is 0 Å². The highest BCUT2D eigenvalue weighted by molar-refractivity contribution is 5.79. The predicted octanol–water partition coefficient (Wildman–Crippen LogP) is 0.0170. The minimum atomic E-state index is -1.00. The van der Waals surface area contributed by atoms with E-state index in [-0.39, 0.29) is 28.7 Å². The third-order valence-electron chi connectivity index (χ3n) is 3.85. The van der Waals surface area contributed by atoms with Crippen molar-refractivity contribution < 1.29 is 14.8 Å². The van der Waals surface area contributed by atoms with Gasteiger partial charge in [0.1, 0.15) is 11.7 Å². The molecule has 1 amide bonds. The molecule has 0 bridgehead atoms. The fourth-order valence-corrected chi connectivity index (χ4v) is 2.37. The molecule has 3 rings (SSSR count). The molecular weight excluding hydrogens is 320 g/mol. The van der Waals surface area contributed by atoms with Crippen molar-refractivity contribution >= 4 is 34.6 Å². The van der Waals surface area contributed by atoms with E-state index >= 15 is 0 Å². The van der Waals surface area contributed by atoms with Crippen molar-refractivity contribution in [2.75, 3.05) is 30.5 Å². The predicted molar refractivity (Wildman–Crippen MR) is 83.6 cm³/mol. The van der Waals surface area contributed by atoms with Crippen molar-refractivity contribution in [1.29, 1.82) is 0 Å². The minimum Gasteiger partial charge on any atom is -0.465 e. The number of carbonyl (C=O) groups is 1. The van der Waals surface area contributed by atoms with Gasteiger partial charge in [0.25, 0.3) is 5.69 Å². The summed E-state index contributed by atoms with van der Waals surface area (Å²) in [5, 5.41) is 19.8. The first-order valence-electron chi connectivity index (χ1n) is 6.90. The number of anilines is 2. The molecule has 12 heteroatoms. The van der Waals surface area contributed by atoms with Crippen molar-refractivity contribution in [3.05, 3.63) is 22.4 Å². The summed E-state index contributed by atoms with van der Waals surface area (Å²) >= 11 is 0. The lowest BCUT2D eigenvalue weighted by atomic mass is 10.1. The van der Waals surface area contributed by atoms with Crippen LogP contribution in [0.3, 0.4) is 0 Å². The quantitative estimate of drug-likeness (QED) is 0.394. The lowest BCUT2D eigenvalue weighted by Crippen LogP contribution is -2.60. The Morgan fingerprint density at radius 1 is 1.54 bits per heavy atom. The van der Waals surface area contributed by atoms with E-state index in [0.717, 1.165) is 6.20 Å². The van der Waals surface area contributed by atoms with Gasteiger partial charge in [-0.25, -0.2) is 25.6 Å². The molecule has 0 radical (unpaired) electrons. The summed E-state index contributed by atoms with van der Waals surface area (Å²) in [5.41, 5.74) is 2.69. The van der Waals surface area contributed by atoms with Crippen LogP contribution in [0.4, 0.5) is 22.1 Å². The summed E-state index contributed by atoms with van der Waals surface area (Å²) in [6.45, 7) is 0.870. The zero-order valence-electron chi connectivity index (χ0n) is 12.6. The molecule has 126 valence electrons. The SMILES string of the molecule is CN(C(=O)O)C1CN(c2nc3ncc([N+](=O)[O-])cc3nc2NN)C1. The van der Waals surface area contributed by atoms with E-state index < -0.39 is 11.0 Å². The van der Waals surface area contributed by atoms with E-state index in [0.29, 0.717) is 18.9 Å². The molecular formula is C12H14N8O4. The molecule has 0 saturated carbocycles. The molecule has 0 spiro atoms. The number of rotatable bonds is 4. The molecule has 12 nitrogen and oxygen atoms in total. The molecule has 0 unspecified atom stereocenters. The summed E-state index contributed by atoms with van der Waals surface area (Å²) in [6.07, 6.45) is 0.100. The first-order chi connectivity index (χ1) is 11.4. The normalized spacial score (nSPS) is 14.3. The molecule has 2 aromatic rings. The van der Waals surface area contributed by atoms with Crippen LogP contribution in [0.5, 0.6) is 0 Å². The minimum absolute atomic E-state index is 0.157. The zero-order valence-corrected chi connectivity index (χ0v) is 12.6. The number of amides is 1. The van der Waals surface area contributed by atoms with Crippen molar-refractivity contribution in [2.24, 2.45) is 5.84 Å². The smallest absolute Gasteiger partial charge is 0.407 e. The number of nitrogens with two attached hydrogens (primary N) is 1. The molecule has 0 aromatic carbocycles.